The van der Waals surface area contributed by atoms with E-state index in [9.17, 15) is 14.4 Å². The largest absolute Gasteiger partial charge is 0.489 e. The van der Waals surface area contributed by atoms with E-state index >= 15 is 0 Å². The van der Waals surface area contributed by atoms with Gasteiger partial charge in [-0.2, -0.15) is 0 Å². The van der Waals surface area contributed by atoms with Crippen molar-refractivity contribution >= 4 is 17.7 Å². The normalized spacial score (nSPS) is 25.4. The van der Waals surface area contributed by atoms with Crippen LogP contribution in [0.25, 0.3) is 0 Å². The zero-order valence-electron chi connectivity index (χ0n) is 19.5. The summed E-state index contributed by atoms with van der Waals surface area (Å²) in [6, 6.07) is 5.10. The van der Waals surface area contributed by atoms with Gasteiger partial charge in [0.05, 0.1) is 0 Å². The number of hydrogen-bond donors (Lipinski definition) is 3. The number of nitrogens with zero attached hydrogens (tertiary/aromatic N) is 1. The van der Waals surface area contributed by atoms with Gasteiger partial charge in [0.15, 0.2) is 0 Å². The van der Waals surface area contributed by atoms with Gasteiger partial charge in [-0.05, 0) is 68.1 Å². The molecule has 180 valence electrons. The number of amides is 3. The number of nitrogens with two attached hydrogens (primary N) is 1. The van der Waals surface area contributed by atoms with Crippen LogP contribution >= 0.6 is 0 Å². The molecule has 0 radical (unpaired) electrons. The zero-order chi connectivity index (χ0) is 24.1. The molecule has 1 aromatic carbocycles. The predicted octanol–water partition coefficient (Wildman–Crippen LogP) is 2.31. The first-order chi connectivity index (χ1) is 16.5. The maximum Gasteiger partial charge on any atom is 0.255 e. The van der Waals surface area contributed by atoms with Crippen molar-refractivity contribution in [3.63, 3.8) is 0 Å². The van der Waals surface area contributed by atoms with E-state index in [0.717, 1.165) is 36.1 Å². The van der Waals surface area contributed by atoms with Crippen molar-refractivity contribution in [1.82, 2.24) is 15.5 Å². The van der Waals surface area contributed by atoms with Crippen molar-refractivity contribution in [1.29, 1.82) is 0 Å². The number of imide groups is 1. The molecular formula is C26H32N4O4. The Morgan fingerprint density at radius 2 is 2.09 bits per heavy atom. The van der Waals surface area contributed by atoms with Gasteiger partial charge in [-0.1, -0.05) is 24.3 Å². The minimum absolute atomic E-state index is 0.0277. The molecule has 1 unspecified atom stereocenters. The molecule has 1 saturated carbocycles. The van der Waals surface area contributed by atoms with Crippen molar-refractivity contribution < 1.29 is 19.1 Å². The van der Waals surface area contributed by atoms with Gasteiger partial charge in [-0.25, -0.2) is 0 Å². The highest BCUT2D eigenvalue weighted by molar-refractivity contribution is 6.05. The van der Waals surface area contributed by atoms with Crippen LogP contribution in [0.4, 0.5) is 0 Å². The molecule has 3 amide bonds. The summed E-state index contributed by atoms with van der Waals surface area (Å²) < 4.78 is 6.33. The molecule has 3 aliphatic rings. The first-order valence-electron chi connectivity index (χ1n) is 11.9. The van der Waals surface area contributed by atoms with E-state index in [1.165, 1.54) is 0 Å². The molecule has 8 heteroatoms. The molecule has 4 rings (SSSR count). The number of hydrogen-bond acceptors (Lipinski definition) is 6. The number of carbonyl (C=O) groups is 3. The Hall–Kier alpha value is -3.39. The molecule has 2 aliphatic heterocycles. The van der Waals surface area contributed by atoms with Gasteiger partial charge in [0, 0.05) is 31.1 Å². The van der Waals surface area contributed by atoms with E-state index in [0.29, 0.717) is 25.1 Å². The highest BCUT2D eigenvalue weighted by Gasteiger charge is 2.39. The summed E-state index contributed by atoms with van der Waals surface area (Å²) >= 11 is 0. The van der Waals surface area contributed by atoms with E-state index in [-0.39, 0.29) is 30.4 Å². The monoisotopic (exact) mass is 464 g/mol. The maximum absolute atomic E-state index is 12.9. The summed E-state index contributed by atoms with van der Waals surface area (Å²) in [4.78, 5) is 38.1. The smallest absolute Gasteiger partial charge is 0.255 e. The number of piperidine rings is 1. The molecular weight excluding hydrogens is 432 g/mol. The van der Waals surface area contributed by atoms with Crippen LogP contribution in [-0.4, -0.2) is 47.4 Å². The minimum atomic E-state index is -0.614. The van der Waals surface area contributed by atoms with Crippen LogP contribution < -0.4 is 21.1 Å². The van der Waals surface area contributed by atoms with Crippen LogP contribution in [0.5, 0.6) is 5.75 Å². The summed E-state index contributed by atoms with van der Waals surface area (Å²) in [6.07, 6.45) is 13.2. The van der Waals surface area contributed by atoms with Crippen molar-refractivity contribution in [3.8, 4) is 5.75 Å². The molecule has 1 saturated heterocycles. The Labute approximate surface area is 199 Å². The summed E-state index contributed by atoms with van der Waals surface area (Å²) in [6.45, 7) is 2.97. The molecule has 2 fully saturated rings. The van der Waals surface area contributed by atoms with E-state index in [1.54, 1.807) is 17.2 Å². The molecule has 4 N–H and O–H groups in total. The maximum atomic E-state index is 12.9. The van der Waals surface area contributed by atoms with Crippen molar-refractivity contribution in [2.24, 2.45) is 5.73 Å². The predicted molar refractivity (Wildman–Crippen MR) is 129 cm³/mol. The third-order valence-corrected chi connectivity index (χ3v) is 6.63. The number of allylic oxidation sites excluding steroid dienone is 3. The van der Waals surface area contributed by atoms with Gasteiger partial charge in [0.25, 0.3) is 5.91 Å². The lowest BCUT2D eigenvalue weighted by atomic mass is 10.0. The summed E-state index contributed by atoms with van der Waals surface area (Å²) in [7, 11) is 0. The first kappa shape index (κ1) is 23.8. The molecule has 0 spiro atoms. The number of nitrogens with one attached hydrogen (secondary N) is 2. The first-order valence-corrected chi connectivity index (χ1v) is 11.9. The van der Waals surface area contributed by atoms with Gasteiger partial charge >= 0.3 is 0 Å². The topological polar surface area (TPSA) is 114 Å². The lowest BCUT2D eigenvalue weighted by Crippen LogP contribution is -2.52. The highest BCUT2D eigenvalue weighted by Crippen LogP contribution is 2.32. The molecule has 8 nitrogen and oxygen atoms in total. The van der Waals surface area contributed by atoms with E-state index in [2.05, 4.69) is 10.6 Å². The van der Waals surface area contributed by atoms with Crippen molar-refractivity contribution in [2.75, 3.05) is 6.54 Å². The highest BCUT2D eigenvalue weighted by atomic mass is 16.5. The molecule has 1 aliphatic carbocycles. The average Bonchev–Trinajstić information content (AvgIpc) is 3.40. The molecule has 1 aromatic rings. The second-order valence-electron chi connectivity index (χ2n) is 8.92. The van der Waals surface area contributed by atoms with Gasteiger partial charge in [-0.3, -0.25) is 19.7 Å². The van der Waals surface area contributed by atoms with Crippen LogP contribution in [0.15, 0.2) is 54.3 Å². The fourth-order valence-electron chi connectivity index (χ4n) is 4.81. The Morgan fingerprint density at radius 1 is 1.24 bits per heavy atom. The fraction of sp³-hybridized carbons (Fsp3) is 0.423. The van der Waals surface area contributed by atoms with E-state index < -0.39 is 11.9 Å². The Bertz CT molecular complexity index is 1050. The van der Waals surface area contributed by atoms with Crippen molar-refractivity contribution in [2.45, 2.75) is 63.8 Å². The third-order valence-electron chi connectivity index (χ3n) is 6.63. The average molecular weight is 465 g/mol. The SMILES string of the molecule is C\C=C/C=C\C(=C/N)CN[C@@H]1CCC[C@H]1Oc1ccc2c(c1)CN(C1CCC(=O)NC1=O)C2=O. The quantitative estimate of drug-likeness (QED) is 0.402. The number of carbonyl (C=O) groups excluding carboxylic acids is 3. The number of rotatable bonds is 8. The lowest BCUT2D eigenvalue weighted by Gasteiger charge is -2.29. The van der Waals surface area contributed by atoms with Gasteiger partial charge in [-0.15, -0.1) is 0 Å². The molecule has 34 heavy (non-hydrogen) atoms. The van der Waals surface area contributed by atoms with Crippen LogP contribution in [0.1, 0.15) is 54.9 Å². The van der Waals surface area contributed by atoms with Gasteiger partial charge in [0.2, 0.25) is 11.8 Å². The second-order valence-corrected chi connectivity index (χ2v) is 8.92. The summed E-state index contributed by atoms with van der Waals surface area (Å²) in [5.41, 5.74) is 8.20. The van der Waals surface area contributed by atoms with E-state index in [1.807, 2.05) is 43.4 Å². The third kappa shape index (κ3) is 5.22. The fourth-order valence-corrected chi connectivity index (χ4v) is 4.81. The summed E-state index contributed by atoms with van der Waals surface area (Å²) in [5, 5.41) is 5.90. The van der Waals surface area contributed by atoms with Crippen LogP contribution in [-0.2, 0) is 16.1 Å². The molecule has 3 atom stereocenters. The minimum Gasteiger partial charge on any atom is -0.489 e. The standard InChI is InChI=1S/C26H32N4O4/c1-2-3-4-6-17(14-27)15-28-21-7-5-8-23(21)34-19-9-10-20-18(13-19)16-30(26(20)33)22-11-12-24(31)29-25(22)32/h2-4,6,9-10,13-14,21-23,28H,5,7-8,11-12,15-16,27H2,1H3,(H,29,31,32)/b3-2-,6-4-,17-14+/t21-,22?,23-/m1/s1. The van der Waals surface area contributed by atoms with Crippen LogP contribution in [0, 0.1) is 0 Å². The summed E-state index contributed by atoms with van der Waals surface area (Å²) in [5.74, 6) is -0.148. The van der Waals surface area contributed by atoms with Gasteiger partial charge < -0.3 is 20.7 Å². The molecule has 0 aromatic heterocycles. The lowest BCUT2D eigenvalue weighted by molar-refractivity contribution is -0.136. The Kier molecular flexibility index (Phi) is 7.47. The van der Waals surface area contributed by atoms with Crippen LogP contribution in [0.3, 0.4) is 0 Å². The Balaban J connectivity index is 1.38. The Morgan fingerprint density at radius 3 is 2.85 bits per heavy atom. The number of benzene rings is 1. The van der Waals surface area contributed by atoms with Gasteiger partial charge in [0.1, 0.15) is 17.9 Å². The van der Waals surface area contributed by atoms with E-state index in [4.69, 9.17) is 10.5 Å². The number of fused-ring (bicyclic) bond motifs is 1. The molecule has 2 heterocycles. The second kappa shape index (κ2) is 10.7. The van der Waals surface area contributed by atoms with Crippen LogP contribution in [0.2, 0.25) is 0 Å². The van der Waals surface area contributed by atoms with Crippen molar-refractivity contribution in [3.05, 3.63) is 65.4 Å². The molecule has 0 bridgehead atoms. The number of ether oxygens (including phenoxy) is 1. The zero-order valence-corrected chi connectivity index (χ0v) is 19.5.